The van der Waals surface area contributed by atoms with E-state index in [2.05, 4.69) is 31.3 Å². The maximum absolute atomic E-state index is 12.1. The van der Waals surface area contributed by atoms with Gasteiger partial charge in [-0.05, 0) is 38.5 Å². The number of rotatable bonds is 42. The summed E-state index contributed by atoms with van der Waals surface area (Å²) in [6, 6.07) is 0. The smallest absolute Gasteiger partial charge is 0.463 e. The van der Waals surface area contributed by atoms with Crippen LogP contribution < -0.4 is 5.32 Å². The number of nitrogens with one attached hydrogen (secondary N) is 1. The van der Waals surface area contributed by atoms with E-state index in [1.807, 2.05) is 0 Å². The van der Waals surface area contributed by atoms with E-state index in [0.29, 0.717) is 6.42 Å². The van der Waals surface area contributed by atoms with Crippen LogP contribution in [-0.4, -0.2) is 54.3 Å². The van der Waals surface area contributed by atoms with E-state index in [0.717, 1.165) is 38.5 Å². The first-order valence-corrected chi connectivity index (χ1v) is 23.7. The largest absolute Gasteiger partial charge is 0.472 e. The first-order chi connectivity index (χ1) is 25.8. The summed E-state index contributed by atoms with van der Waals surface area (Å²) < 4.78 is 26.9. The highest BCUT2D eigenvalue weighted by molar-refractivity contribution is 7.47. The van der Waals surface area contributed by atoms with Gasteiger partial charge in [0.2, 0.25) is 5.91 Å². The molecule has 0 radical (unpaired) electrons. The molecule has 0 aliphatic rings. The maximum atomic E-state index is 12.1. The molecule has 1 amide bonds. The molecule has 10 heteroatoms. The van der Waals surface area contributed by atoms with Crippen LogP contribution in [0.1, 0.15) is 219 Å². The summed E-state index contributed by atoms with van der Waals surface area (Å²) in [6.07, 6.45) is 41.4. The highest BCUT2D eigenvalue weighted by Crippen LogP contribution is 2.42. The van der Waals surface area contributed by atoms with Crippen LogP contribution >= 0.6 is 7.82 Å². The van der Waals surface area contributed by atoms with E-state index >= 15 is 0 Å². The van der Waals surface area contributed by atoms with E-state index in [1.165, 1.54) is 154 Å². The third kappa shape index (κ3) is 41.7. The summed E-state index contributed by atoms with van der Waals surface area (Å²) in [6.45, 7) is 3.57. The lowest BCUT2D eigenvalue weighted by Gasteiger charge is -2.15. The molecule has 9 nitrogen and oxygen atoms in total. The number of unbranched alkanes of at least 4 members (excludes halogenated alkanes) is 27. The van der Waals surface area contributed by atoms with Crippen LogP contribution in [0, 0.1) is 0 Å². The number of aliphatic hydroxyl groups excluding tert-OH is 1. The van der Waals surface area contributed by atoms with Gasteiger partial charge in [0.05, 0.1) is 13.2 Å². The normalized spacial score (nSPS) is 13.4. The van der Waals surface area contributed by atoms with Gasteiger partial charge in [0.1, 0.15) is 12.7 Å². The lowest BCUT2D eigenvalue weighted by atomic mass is 10.0. The topological polar surface area (TPSA) is 131 Å². The lowest BCUT2D eigenvalue weighted by Crippen LogP contribution is -2.27. The Hall–Kier alpha value is -1.25. The summed E-state index contributed by atoms with van der Waals surface area (Å²) in [4.78, 5) is 33.9. The van der Waals surface area contributed by atoms with Gasteiger partial charge in [-0.3, -0.25) is 18.6 Å². The second kappa shape index (κ2) is 40.4. The molecule has 0 saturated heterocycles. The highest BCUT2D eigenvalue weighted by atomic mass is 31.2. The number of allylic oxidation sites excluding steroid dienone is 2. The van der Waals surface area contributed by atoms with Crippen molar-refractivity contribution in [3.8, 4) is 0 Å². The molecule has 3 N–H and O–H groups in total. The number of amides is 1. The monoisotopic (exact) mass is 774 g/mol. The van der Waals surface area contributed by atoms with Crippen molar-refractivity contribution in [3.05, 3.63) is 12.2 Å². The van der Waals surface area contributed by atoms with Gasteiger partial charge >= 0.3 is 13.8 Å². The zero-order valence-electron chi connectivity index (χ0n) is 34.5. The summed E-state index contributed by atoms with van der Waals surface area (Å²) in [5.74, 6) is -0.512. The fourth-order valence-electron chi connectivity index (χ4n) is 6.32. The Kier molecular flexibility index (Phi) is 39.5. The van der Waals surface area contributed by atoms with Gasteiger partial charge in [-0.25, -0.2) is 4.57 Å². The quantitative estimate of drug-likeness (QED) is 0.0242. The minimum Gasteiger partial charge on any atom is -0.463 e. The third-order valence-electron chi connectivity index (χ3n) is 9.70. The summed E-state index contributed by atoms with van der Waals surface area (Å²) in [5.41, 5.74) is 0. The Morgan fingerprint density at radius 1 is 0.566 bits per heavy atom. The molecule has 314 valence electrons. The van der Waals surface area contributed by atoms with E-state index in [-0.39, 0.29) is 32.1 Å². The first kappa shape index (κ1) is 51.8. The van der Waals surface area contributed by atoms with Crippen LogP contribution in [0.2, 0.25) is 0 Å². The van der Waals surface area contributed by atoms with Gasteiger partial charge in [0, 0.05) is 19.4 Å². The minimum absolute atomic E-state index is 0.0830. The van der Waals surface area contributed by atoms with Crippen molar-refractivity contribution < 1.29 is 37.9 Å². The zero-order valence-corrected chi connectivity index (χ0v) is 35.4. The predicted octanol–water partition coefficient (Wildman–Crippen LogP) is 12.2. The van der Waals surface area contributed by atoms with Gasteiger partial charge in [0.25, 0.3) is 0 Å². The number of ether oxygens (including phenoxy) is 1. The Bertz CT molecular complexity index is 886. The van der Waals surface area contributed by atoms with Gasteiger partial charge < -0.3 is 20.1 Å². The standard InChI is InChI=1S/C43H84NO8P/c1-3-5-7-9-11-13-15-17-19-20-22-23-25-27-29-31-33-35-42(46)44-37-38-51-53(48,49)52-40-41(45)39-50-43(47)36-34-32-30-28-26-24-21-18-16-14-12-10-8-6-4-2/h17,19,41,45H,3-16,18,20-40H2,1-2H3,(H,44,46)(H,48,49)/b19-17-. The molecule has 0 aliphatic heterocycles. The predicted molar refractivity (Wildman–Crippen MR) is 220 cm³/mol. The molecular formula is C43H84NO8P. The van der Waals surface area contributed by atoms with Crippen molar-refractivity contribution in [2.24, 2.45) is 0 Å². The SMILES string of the molecule is CCCCCCCC/C=C\CCCCCCCCCC(=O)NCCOP(=O)(O)OCC(O)COC(=O)CCCCCCCCCCCCCCCCC. The van der Waals surface area contributed by atoms with Crippen molar-refractivity contribution in [2.45, 2.75) is 225 Å². The Morgan fingerprint density at radius 2 is 0.962 bits per heavy atom. The molecular weight excluding hydrogens is 689 g/mol. The van der Waals surface area contributed by atoms with Crippen molar-refractivity contribution >= 4 is 19.7 Å². The van der Waals surface area contributed by atoms with Crippen LogP contribution in [0.3, 0.4) is 0 Å². The molecule has 0 aliphatic carbocycles. The molecule has 0 spiro atoms. The number of hydrogen-bond acceptors (Lipinski definition) is 7. The first-order valence-electron chi connectivity index (χ1n) is 22.2. The van der Waals surface area contributed by atoms with Crippen molar-refractivity contribution in [3.63, 3.8) is 0 Å². The fourth-order valence-corrected chi connectivity index (χ4v) is 7.07. The van der Waals surface area contributed by atoms with Gasteiger partial charge in [0.15, 0.2) is 0 Å². The average molecular weight is 774 g/mol. The van der Waals surface area contributed by atoms with E-state index in [9.17, 15) is 24.2 Å². The second-order valence-corrected chi connectivity index (χ2v) is 16.5. The molecule has 0 aromatic rings. The third-order valence-corrected chi connectivity index (χ3v) is 10.7. The number of hydrogen-bond donors (Lipinski definition) is 3. The molecule has 53 heavy (non-hydrogen) atoms. The molecule has 2 atom stereocenters. The fraction of sp³-hybridized carbons (Fsp3) is 0.907. The summed E-state index contributed by atoms with van der Waals surface area (Å²) in [5, 5.41) is 12.7. The van der Waals surface area contributed by atoms with Crippen molar-refractivity contribution in [1.82, 2.24) is 5.32 Å². The van der Waals surface area contributed by atoms with E-state index in [4.69, 9.17) is 13.8 Å². The molecule has 0 saturated carbocycles. The van der Waals surface area contributed by atoms with Crippen LogP contribution in [0.4, 0.5) is 0 Å². The van der Waals surface area contributed by atoms with Crippen LogP contribution in [0.5, 0.6) is 0 Å². The van der Waals surface area contributed by atoms with Gasteiger partial charge in [-0.15, -0.1) is 0 Å². The summed E-state index contributed by atoms with van der Waals surface area (Å²) in [7, 11) is -4.41. The van der Waals surface area contributed by atoms with E-state index < -0.39 is 26.5 Å². The second-order valence-electron chi connectivity index (χ2n) is 15.0. The molecule has 0 aromatic heterocycles. The average Bonchev–Trinajstić information content (AvgIpc) is 3.14. The number of esters is 1. The van der Waals surface area contributed by atoms with Gasteiger partial charge in [-0.1, -0.05) is 180 Å². The number of aliphatic hydroxyl groups is 1. The highest BCUT2D eigenvalue weighted by Gasteiger charge is 2.23. The van der Waals surface area contributed by atoms with Gasteiger partial charge in [-0.2, -0.15) is 0 Å². The summed E-state index contributed by atoms with van der Waals surface area (Å²) >= 11 is 0. The molecule has 0 fully saturated rings. The van der Waals surface area contributed by atoms with E-state index in [1.54, 1.807) is 0 Å². The Morgan fingerprint density at radius 3 is 1.42 bits per heavy atom. The molecule has 0 bridgehead atoms. The number of carbonyl (C=O) groups is 2. The molecule has 2 unspecified atom stereocenters. The Balaban J connectivity index is 3.57. The maximum Gasteiger partial charge on any atom is 0.472 e. The lowest BCUT2D eigenvalue weighted by molar-refractivity contribution is -0.147. The van der Waals surface area contributed by atoms with Crippen molar-refractivity contribution in [2.75, 3.05) is 26.4 Å². The van der Waals surface area contributed by atoms with Crippen LogP contribution in [0.15, 0.2) is 12.2 Å². The number of phosphoric ester groups is 1. The molecule has 0 heterocycles. The Labute approximate surface area is 326 Å². The molecule has 0 rings (SSSR count). The van der Waals surface area contributed by atoms with Crippen LogP contribution in [-0.2, 0) is 27.9 Å². The van der Waals surface area contributed by atoms with Crippen molar-refractivity contribution in [1.29, 1.82) is 0 Å². The minimum atomic E-state index is -4.41. The van der Waals surface area contributed by atoms with Crippen LogP contribution in [0.25, 0.3) is 0 Å². The molecule has 0 aromatic carbocycles. The number of carbonyl (C=O) groups excluding carboxylic acids is 2. The number of phosphoric acid groups is 1. The zero-order chi connectivity index (χ0) is 38.9.